The molecule has 0 saturated heterocycles. The quantitative estimate of drug-likeness (QED) is 0.277. The Morgan fingerprint density at radius 2 is 1.66 bits per heavy atom. The largest absolute Gasteiger partial charge is 0.423 e. The molecular weight excluding hydrogens is 358 g/mol. The molecule has 3 rings (SSSR count). The van der Waals surface area contributed by atoms with E-state index in [1.165, 1.54) is 63.4 Å². The summed E-state index contributed by atoms with van der Waals surface area (Å²) in [7, 11) is 0. The second-order valence-electron chi connectivity index (χ2n) is 8.21. The van der Waals surface area contributed by atoms with Crippen LogP contribution in [0.5, 0.6) is 5.75 Å². The molecule has 0 heterocycles. The molecule has 152 valence electrons. The number of rotatable bonds is 8. The first kappa shape index (κ1) is 21.1. The minimum atomic E-state index is -0.364. The molecule has 1 aliphatic carbocycles. The number of carbonyl (C=O) groups is 1. The van der Waals surface area contributed by atoms with Crippen LogP contribution in [0.15, 0.2) is 48.5 Å². The van der Waals surface area contributed by atoms with Gasteiger partial charge in [0.15, 0.2) is 0 Å². The highest BCUT2D eigenvalue weighted by atomic mass is 16.5. The molecule has 1 saturated carbocycles. The Kier molecular flexibility index (Phi) is 7.87. The monoisotopic (exact) mass is 389 g/mol. The van der Waals surface area contributed by atoms with Crippen LogP contribution in [-0.2, 0) is 0 Å². The van der Waals surface area contributed by atoms with Gasteiger partial charge in [0.25, 0.3) is 0 Å². The number of benzene rings is 2. The summed E-state index contributed by atoms with van der Waals surface area (Å²) in [5.74, 6) is 1.61. The van der Waals surface area contributed by atoms with Gasteiger partial charge >= 0.3 is 5.97 Å². The highest BCUT2D eigenvalue weighted by Crippen LogP contribution is 2.37. The van der Waals surface area contributed by atoms with Crippen molar-refractivity contribution in [3.8, 4) is 11.8 Å². The van der Waals surface area contributed by atoms with E-state index in [9.17, 15) is 4.79 Å². The molecule has 0 aliphatic heterocycles. The first-order valence-corrected chi connectivity index (χ1v) is 11.0. The van der Waals surface area contributed by atoms with Crippen molar-refractivity contribution in [3.05, 3.63) is 65.2 Å². The minimum Gasteiger partial charge on any atom is -0.423 e. The van der Waals surface area contributed by atoms with Crippen LogP contribution in [0.4, 0.5) is 0 Å². The van der Waals surface area contributed by atoms with Gasteiger partial charge in [0.2, 0.25) is 0 Å². The zero-order valence-corrected chi connectivity index (χ0v) is 17.4. The summed E-state index contributed by atoms with van der Waals surface area (Å²) in [5.41, 5.74) is 2.44. The van der Waals surface area contributed by atoms with Crippen LogP contribution in [-0.4, -0.2) is 5.97 Å². The Hall–Kier alpha value is -2.60. The van der Waals surface area contributed by atoms with E-state index in [1.807, 2.05) is 12.1 Å². The highest BCUT2D eigenvalue weighted by molar-refractivity contribution is 5.91. The van der Waals surface area contributed by atoms with Crippen molar-refractivity contribution < 1.29 is 9.53 Å². The van der Waals surface area contributed by atoms with E-state index in [4.69, 9.17) is 10.00 Å². The van der Waals surface area contributed by atoms with Crippen molar-refractivity contribution in [3.63, 3.8) is 0 Å². The third kappa shape index (κ3) is 6.19. The van der Waals surface area contributed by atoms with Crippen LogP contribution in [0.1, 0.15) is 92.1 Å². The van der Waals surface area contributed by atoms with Gasteiger partial charge in [0, 0.05) is 0 Å². The van der Waals surface area contributed by atoms with Gasteiger partial charge in [0.05, 0.1) is 17.2 Å². The molecule has 1 aliphatic rings. The molecule has 0 unspecified atom stereocenters. The molecule has 3 nitrogen and oxygen atoms in total. The molecule has 1 fully saturated rings. The van der Waals surface area contributed by atoms with Crippen LogP contribution in [0.3, 0.4) is 0 Å². The van der Waals surface area contributed by atoms with E-state index in [0.717, 1.165) is 5.92 Å². The molecule has 0 bridgehead atoms. The lowest BCUT2D eigenvalue weighted by Gasteiger charge is -2.29. The van der Waals surface area contributed by atoms with Crippen LogP contribution >= 0.6 is 0 Å². The van der Waals surface area contributed by atoms with Crippen LogP contribution in [0.2, 0.25) is 0 Å². The van der Waals surface area contributed by atoms with E-state index in [0.29, 0.717) is 22.8 Å². The normalized spacial score (nSPS) is 18.8. The predicted molar refractivity (Wildman–Crippen MR) is 116 cm³/mol. The number of unbranched alkanes of at least 4 members (excludes halogenated alkanes) is 3. The number of hydrogen-bond donors (Lipinski definition) is 0. The Bertz CT molecular complexity index is 809. The maximum Gasteiger partial charge on any atom is 0.343 e. The van der Waals surface area contributed by atoms with Crippen LogP contribution in [0, 0.1) is 17.2 Å². The topological polar surface area (TPSA) is 50.1 Å². The molecule has 0 amide bonds. The van der Waals surface area contributed by atoms with Crippen LogP contribution in [0.25, 0.3) is 0 Å². The number of nitriles is 1. The molecular formula is C26H31NO2. The van der Waals surface area contributed by atoms with Crippen molar-refractivity contribution in [2.75, 3.05) is 0 Å². The molecule has 3 heteroatoms. The minimum absolute atomic E-state index is 0.364. The lowest BCUT2D eigenvalue weighted by molar-refractivity contribution is 0.0734. The number of ether oxygens (including phenoxy) is 1. The summed E-state index contributed by atoms with van der Waals surface area (Å²) in [5, 5.41) is 8.84. The van der Waals surface area contributed by atoms with Gasteiger partial charge in [-0.15, -0.1) is 0 Å². The average Bonchev–Trinajstić information content (AvgIpc) is 2.78. The number of hydrogen-bond acceptors (Lipinski definition) is 3. The van der Waals surface area contributed by atoms with Crippen LogP contribution < -0.4 is 4.74 Å². The standard InChI is InChI=1S/C26H31NO2/c1-2-3-4-5-6-20-7-11-22(12-8-20)23-13-15-24(16-14-23)26(28)29-25-17-9-21(19-27)10-18-25/h9-10,13-18,20,22H,2-8,11-12H2,1H3. The zero-order valence-electron chi connectivity index (χ0n) is 17.4. The fraction of sp³-hybridized carbons (Fsp3) is 0.462. The summed E-state index contributed by atoms with van der Waals surface area (Å²) in [6.07, 6.45) is 12.0. The predicted octanol–water partition coefficient (Wildman–Crippen LogP) is 7.02. The summed E-state index contributed by atoms with van der Waals surface area (Å²) in [6, 6.07) is 16.5. The Morgan fingerprint density at radius 3 is 2.28 bits per heavy atom. The molecule has 0 N–H and O–H groups in total. The Labute approximate surface area is 174 Å². The van der Waals surface area contributed by atoms with Crippen molar-refractivity contribution in [1.29, 1.82) is 5.26 Å². The fourth-order valence-electron chi connectivity index (χ4n) is 4.30. The van der Waals surface area contributed by atoms with Crippen molar-refractivity contribution in [2.45, 2.75) is 70.6 Å². The summed E-state index contributed by atoms with van der Waals surface area (Å²) in [4.78, 5) is 12.4. The SMILES string of the molecule is CCCCCCC1CCC(c2ccc(C(=O)Oc3ccc(C#N)cc3)cc2)CC1. The second kappa shape index (κ2) is 10.8. The summed E-state index contributed by atoms with van der Waals surface area (Å²) >= 11 is 0. The van der Waals surface area contributed by atoms with Gasteiger partial charge in [-0.1, -0.05) is 51.2 Å². The maximum atomic E-state index is 12.4. The fourth-order valence-corrected chi connectivity index (χ4v) is 4.30. The molecule has 2 aromatic carbocycles. The smallest absolute Gasteiger partial charge is 0.343 e. The first-order valence-electron chi connectivity index (χ1n) is 11.0. The number of nitrogens with zero attached hydrogens (tertiary/aromatic N) is 1. The molecule has 2 aromatic rings. The summed E-state index contributed by atoms with van der Waals surface area (Å²) < 4.78 is 5.41. The molecule has 0 radical (unpaired) electrons. The van der Waals surface area contributed by atoms with Crippen molar-refractivity contribution >= 4 is 5.97 Å². The average molecular weight is 390 g/mol. The summed E-state index contributed by atoms with van der Waals surface area (Å²) in [6.45, 7) is 2.27. The molecule has 0 atom stereocenters. The Balaban J connectivity index is 1.48. The number of carbonyl (C=O) groups excluding carboxylic acids is 1. The van der Waals surface area contributed by atoms with E-state index in [1.54, 1.807) is 24.3 Å². The molecule has 0 spiro atoms. The maximum absolute atomic E-state index is 12.4. The van der Waals surface area contributed by atoms with E-state index < -0.39 is 0 Å². The highest BCUT2D eigenvalue weighted by Gasteiger charge is 2.22. The lowest BCUT2D eigenvalue weighted by Crippen LogP contribution is -2.14. The van der Waals surface area contributed by atoms with Gasteiger partial charge in [-0.25, -0.2) is 4.79 Å². The van der Waals surface area contributed by atoms with Crippen molar-refractivity contribution in [1.82, 2.24) is 0 Å². The van der Waals surface area contributed by atoms with Gasteiger partial charge in [-0.05, 0) is 79.5 Å². The first-order chi connectivity index (χ1) is 14.2. The van der Waals surface area contributed by atoms with E-state index in [2.05, 4.69) is 25.1 Å². The van der Waals surface area contributed by atoms with Crippen molar-refractivity contribution in [2.24, 2.45) is 5.92 Å². The molecule has 29 heavy (non-hydrogen) atoms. The van der Waals surface area contributed by atoms with E-state index >= 15 is 0 Å². The van der Waals surface area contributed by atoms with Gasteiger partial charge < -0.3 is 4.74 Å². The van der Waals surface area contributed by atoms with Gasteiger partial charge in [0.1, 0.15) is 5.75 Å². The third-order valence-electron chi connectivity index (χ3n) is 6.12. The zero-order chi connectivity index (χ0) is 20.5. The lowest BCUT2D eigenvalue weighted by atomic mass is 9.77. The van der Waals surface area contributed by atoms with E-state index in [-0.39, 0.29) is 5.97 Å². The van der Waals surface area contributed by atoms with Gasteiger partial charge in [-0.3, -0.25) is 0 Å². The third-order valence-corrected chi connectivity index (χ3v) is 6.12. The van der Waals surface area contributed by atoms with Gasteiger partial charge in [-0.2, -0.15) is 5.26 Å². The number of esters is 1. The second-order valence-corrected chi connectivity index (χ2v) is 8.21. The molecule has 0 aromatic heterocycles. The Morgan fingerprint density at radius 1 is 0.966 bits per heavy atom.